The second-order valence-electron chi connectivity index (χ2n) is 5.23. The lowest BCUT2D eigenvalue weighted by Gasteiger charge is -2.42. The molecule has 2 heterocycles. The van der Waals surface area contributed by atoms with Gasteiger partial charge in [0.2, 0.25) is 5.28 Å². The lowest BCUT2D eigenvalue weighted by atomic mass is 10.1. The lowest BCUT2D eigenvalue weighted by molar-refractivity contribution is 0.128. The van der Waals surface area contributed by atoms with Gasteiger partial charge in [-0.15, -0.1) is 5.10 Å². The average molecular weight is 256 g/mol. The maximum atomic E-state index is 5.74. The van der Waals surface area contributed by atoms with Crippen molar-refractivity contribution in [3.63, 3.8) is 0 Å². The molecule has 0 atom stereocenters. The molecule has 0 amide bonds. The van der Waals surface area contributed by atoms with Gasteiger partial charge in [-0.05, 0) is 32.4 Å². The SMILES string of the molecule is CC(C)(C)N1CCN(c2cnnc(Cl)n2)CC1. The number of rotatable bonds is 1. The molecule has 94 valence electrons. The average Bonchev–Trinajstić information content (AvgIpc) is 2.28. The summed E-state index contributed by atoms with van der Waals surface area (Å²) in [4.78, 5) is 8.85. The summed E-state index contributed by atoms with van der Waals surface area (Å²) in [6.07, 6.45) is 1.67. The van der Waals surface area contributed by atoms with Crippen LogP contribution < -0.4 is 4.90 Å². The van der Waals surface area contributed by atoms with Crippen LogP contribution in [0.25, 0.3) is 0 Å². The van der Waals surface area contributed by atoms with Crippen molar-refractivity contribution in [1.29, 1.82) is 0 Å². The Bertz CT molecular complexity index is 382. The minimum absolute atomic E-state index is 0.209. The van der Waals surface area contributed by atoms with E-state index in [1.807, 2.05) is 0 Å². The van der Waals surface area contributed by atoms with E-state index in [1.54, 1.807) is 6.20 Å². The van der Waals surface area contributed by atoms with Crippen LogP contribution in [0.3, 0.4) is 0 Å². The minimum atomic E-state index is 0.209. The summed E-state index contributed by atoms with van der Waals surface area (Å²) < 4.78 is 0. The number of halogens is 1. The number of anilines is 1. The molecule has 6 heteroatoms. The van der Waals surface area contributed by atoms with E-state index < -0.39 is 0 Å². The number of aromatic nitrogens is 3. The fourth-order valence-electron chi connectivity index (χ4n) is 2.03. The summed E-state index contributed by atoms with van der Waals surface area (Å²) in [5.74, 6) is 0.818. The molecule has 0 N–H and O–H groups in total. The molecule has 0 bridgehead atoms. The molecule has 5 nitrogen and oxygen atoms in total. The first kappa shape index (κ1) is 12.5. The van der Waals surface area contributed by atoms with Gasteiger partial charge in [0.1, 0.15) is 0 Å². The first-order chi connectivity index (χ1) is 7.97. The van der Waals surface area contributed by atoms with Gasteiger partial charge in [0, 0.05) is 31.7 Å². The molecule has 2 rings (SSSR count). The molecule has 1 aliphatic rings. The third-order valence-corrected chi connectivity index (χ3v) is 3.23. The molecular weight excluding hydrogens is 238 g/mol. The van der Waals surface area contributed by atoms with Gasteiger partial charge < -0.3 is 4.90 Å². The van der Waals surface area contributed by atoms with E-state index in [1.165, 1.54) is 0 Å². The third kappa shape index (κ3) is 3.04. The molecular formula is C11H18ClN5. The highest BCUT2D eigenvalue weighted by molar-refractivity contribution is 6.28. The van der Waals surface area contributed by atoms with Crippen molar-refractivity contribution in [3.8, 4) is 0 Å². The second-order valence-corrected chi connectivity index (χ2v) is 5.57. The topological polar surface area (TPSA) is 45.2 Å². The Morgan fingerprint density at radius 3 is 2.35 bits per heavy atom. The highest BCUT2D eigenvalue weighted by Crippen LogP contribution is 2.19. The van der Waals surface area contributed by atoms with Gasteiger partial charge in [-0.2, -0.15) is 10.1 Å². The van der Waals surface area contributed by atoms with Crippen molar-refractivity contribution in [1.82, 2.24) is 20.1 Å². The zero-order valence-electron chi connectivity index (χ0n) is 10.5. The summed E-state index contributed by atoms with van der Waals surface area (Å²) >= 11 is 5.74. The molecule has 0 spiro atoms. The van der Waals surface area contributed by atoms with Crippen molar-refractivity contribution >= 4 is 17.4 Å². The number of nitrogens with zero attached hydrogens (tertiary/aromatic N) is 5. The molecule has 0 radical (unpaired) electrons. The Hall–Kier alpha value is -0.940. The number of hydrogen-bond acceptors (Lipinski definition) is 5. The fourth-order valence-corrected chi connectivity index (χ4v) is 2.16. The first-order valence-electron chi connectivity index (χ1n) is 5.82. The van der Waals surface area contributed by atoms with Crippen LogP contribution in [0, 0.1) is 0 Å². The summed E-state index contributed by atoms with van der Waals surface area (Å²) in [5, 5.41) is 7.69. The quantitative estimate of drug-likeness (QED) is 0.760. The molecule has 1 saturated heterocycles. The van der Waals surface area contributed by atoms with E-state index in [4.69, 9.17) is 11.6 Å². The van der Waals surface area contributed by atoms with E-state index in [9.17, 15) is 0 Å². The van der Waals surface area contributed by atoms with Crippen LogP contribution in [0.5, 0.6) is 0 Å². The Balaban J connectivity index is 2.00. The standard InChI is InChI=1S/C11H18ClN5/c1-11(2,3)17-6-4-16(5-7-17)9-8-13-15-10(12)14-9/h8H,4-7H2,1-3H3. The molecule has 0 unspecified atom stereocenters. The summed E-state index contributed by atoms with van der Waals surface area (Å²) in [5.41, 5.74) is 0.230. The van der Waals surface area contributed by atoms with Gasteiger partial charge in [-0.3, -0.25) is 4.90 Å². The highest BCUT2D eigenvalue weighted by Gasteiger charge is 2.26. The Morgan fingerprint density at radius 1 is 1.18 bits per heavy atom. The van der Waals surface area contributed by atoms with Crippen molar-refractivity contribution in [2.45, 2.75) is 26.3 Å². The Kier molecular flexibility index (Phi) is 3.49. The lowest BCUT2D eigenvalue weighted by Crippen LogP contribution is -2.53. The van der Waals surface area contributed by atoms with Crippen molar-refractivity contribution in [3.05, 3.63) is 11.5 Å². The van der Waals surface area contributed by atoms with Crippen LogP contribution in [0.15, 0.2) is 6.20 Å². The monoisotopic (exact) mass is 255 g/mol. The molecule has 0 saturated carbocycles. The maximum Gasteiger partial charge on any atom is 0.244 e. The maximum absolute atomic E-state index is 5.74. The van der Waals surface area contributed by atoms with Gasteiger partial charge >= 0.3 is 0 Å². The predicted octanol–water partition coefficient (Wildman–Crippen LogP) is 1.45. The zero-order chi connectivity index (χ0) is 12.5. The molecule has 17 heavy (non-hydrogen) atoms. The Labute approximate surface area is 107 Å². The Morgan fingerprint density at radius 2 is 1.82 bits per heavy atom. The van der Waals surface area contributed by atoms with Gasteiger partial charge in [-0.1, -0.05) is 0 Å². The smallest absolute Gasteiger partial charge is 0.244 e. The third-order valence-electron chi connectivity index (χ3n) is 3.07. The fraction of sp³-hybridized carbons (Fsp3) is 0.727. The molecule has 1 aromatic heterocycles. The molecule has 0 aliphatic carbocycles. The normalized spacial score (nSPS) is 18.5. The van der Waals surface area contributed by atoms with Crippen molar-refractivity contribution < 1.29 is 0 Å². The van der Waals surface area contributed by atoms with Crippen molar-refractivity contribution in [2.75, 3.05) is 31.1 Å². The second kappa shape index (κ2) is 4.74. The van der Waals surface area contributed by atoms with Crippen LogP contribution in [-0.4, -0.2) is 51.8 Å². The van der Waals surface area contributed by atoms with E-state index in [0.29, 0.717) is 0 Å². The molecule has 1 aliphatic heterocycles. The number of piperazine rings is 1. The van der Waals surface area contributed by atoms with Crippen LogP contribution in [0.2, 0.25) is 5.28 Å². The molecule has 1 aromatic rings. The predicted molar refractivity (Wildman–Crippen MR) is 68.4 cm³/mol. The van der Waals surface area contributed by atoms with Crippen molar-refractivity contribution in [2.24, 2.45) is 0 Å². The van der Waals surface area contributed by atoms with E-state index in [0.717, 1.165) is 32.0 Å². The van der Waals surface area contributed by atoms with E-state index >= 15 is 0 Å². The van der Waals surface area contributed by atoms with Crippen LogP contribution >= 0.6 is 11.6 Å². The summed E-state index contributed by atoms with van der Waals surface area (Å²) in [7, 11) is 0. The van der Waals surface area contributed by atoms with E-state index in [-0.39, 0.29) is 10.8 Å². The summed E-state index contributed by atoms with van der Waals surface area (Å²) in [6, 6.07) is 0. The molecule has 0 aromatic carbocycles. The molecule has 1 fully saturated rings. The largest absolute Gasteiger partial charge is 0.353 e. The minimum Gasteiger partial charge on any atom is -0.353 e. The van der Waals surface area contributed by atoms with Crippen LogP contribution in [-0.2, 0) is 0 Å². The first-order valence-corrected chi connectivity index (χ1v) is 6.20. The van der Waals surface area contributed by atoms with Crippen LogP contribution in [0.1, 0.15) is 20.8 Å². The zero-order valence-corrected chi connectivity index (χ0v) is 11.3. The van der Waals surface area contributed by atoms with Crippen LogP contribution in [0.4, 0.5) is 5.82 Å². The summed E-state index contributed by atoms with van der Waals surface area (Å²) in [6.45, 7) is 10.7. The number of hydrogen-bond donors (Lipinski definition) is 0. The highest BCUT2D eigenvalue weighted by atomic mass is 35.5. The van der Waals surface area contributed by atoms with Gasteiger partial charge in [0.05, 0.1) is 6.20 Å². The van der Waals surface area contributed by atoms with Gasteiger partial charge in [0.15, 0.2) is 5.82 Å². The van der Waals surface area contributed by atoms with Gasteiger partial charge in [0.25, 0.3) is 0 Å². The van der Waals surface area contributed by atoms with Gasteiger partial charge in [-0.25, -0.2) is 0 Å². The van der Waals surface area contributed by atoms with E-state index in [2.05, 4.69) is 45.8 Å².